The van der Waals surface area contributed by atoms with Crippen LogP contribution in [0.25, 0.3) is 0 Å². The van der Waals surface area contributed by atoms with Gasteiger partial charge in [-0.15, -0.1) is 0 Å². The molecule has 0 aliphatic heterocycles. The van der Waals surface area contributed by atoms with Gasteiger partial charge in [-0.1, -0.05) is 0 Å². The normalized spacial score (nSPS) is 10.5. The summed E-state index contributed by atoms with van der Waals surface area (Å²) in [5.41, 5.74) is -1.07. The average molecular weight is 222 g/mol. The number of nitro groups is 1. The standard InChI is InChI=1S/C7H5F3N2O3/c1-15-7-4(8)2-3(5(9)10)6(11-7)12(13)14/h2,5H,1H3. The van der Waals surface area contributed by atoms with E-state index in [0.29, 0.717) is 6.07 Å². The van der Waals surface area contributed by atoms with Gasteiger partial charge in [-0.05, 0) is 11.0 Å². The topological polar surface area (TPSA) is 65.3 Å². The Bertz CT molecular complexity index is 397. The number of halogens is 3. The maximum absolute atomic E-state index is 12.9. The highest BCUT2D eigenvalue weighted by molar-refractivity contribution is 5.37. The minimum atomic E-state index is -3.17. The van der Waals surface area contributed by atoms with Crippen LogP contribution in [-0.2, 0) is 0 Å². The Morgan fingerprint density at radius 3 is 2.60 bits per heavy atom. The fourth-order valence-corrected chi connectivity index (χ4v) is 0.927. The highest BCUT2D eigenvalue weighted by atomic mass is 19.3. The molecule has 0 aliphatic rings. The van der Waals surface area contributed by atoms with Crippen LogP contribution in [-0.4, -0.2) is 17.0 Å². The molecule has 82 valence electrons. The molecule has 0 bridgehead atoms. The molecule has 0 fully saturated rings. The Balaban J connectivity index is 3.39. The fourth-order valence-electron chi connectivity index (χ4n) is 0.927. The van der Waals surface area contributed by atoms with Crippen molar-refractivity contribution in [1.82, 2.24) is 4.98 Å². The van der Waals surface area contributed by atoms with Crippen LogP contribution in [0.2, 0.25) is 0 Å². The first-order valence-electron chi connectivity index (χ1n) is 3.64. The van der Waals surface area contributed by atoms with E-state index in [1.54, 1.807) is 0 Å². The van der Waals surface area contributed by atoms with Crippen LogP contribution in [0.5, 0.6) is 5.88 Å². The summed E-state index contributed by atoms with van der Waals surface area (Å²) in [4.78, 5) is 12.3. The van der Waals surface area contributed by atoms with E-state index in [4.69, 9.17) is 0 Å². The zero-order chi connectivity index (χ0) is 11.6. The molecule has 0 atom stereocenters. The molecule has 8 heteroatoms. The summed E-state index contributed by atoms with van der Waals surface area (Å²) in [7, 11) is 1.02. The van der Waals surface area contributed by atoms with E-state index in [2.05, 4.69) is 9.72 Å². The van der Waals surface area contributed by atoms with E-state index in [1.165, 1.54) is 0 Å². The van der Waals surface area contributed by atoms with Crippen molar-refractivity contribution in [3.63, 3.8) is 0 Å². The molecular weight excluding hydrogens is 217 g/mol. The predicted molar refractivity (Wildman–Crippen MR) is 42.4 cm³/mol. The summed E-state index contributed by atoms with van der Waals surface area (Å²) in [6.07, 6.45) is -3.17. The third kappa shape index (κ3) is 2.14. The molecular formula is C7H5F3N2O3. The van der Waals surface area contributed by atoms with Crippen molar-refractivity contribution in [3.8, 4) is 5.88 Å². The predicted octanol–water partition coefficient (Wildman–Crippen LogP) is 2.08. The second-order valence-corrected chi connectivity index (χ2v) is 2.45. The minimum Gasteiger partial charge on any atom is -0.461 e. The van der Waals surface area contributed by atoms with Crippen molar-refractivity contribution >= 4 is 5.82 Å². The number of nitrogens with zero attached hydrogens (tertiary/aromatic N) is 2. The summed E-state index contributed by atoms with van der Waals surface area (Å²) in [6.45, 7) is 0. The zero-order valence-electron chi connectivity index (χ0n) is 7.41. The summed E-state index contributed by atoms with van der Waals surface area (Å²) < 4.78 is 41.7. The first kappa shape index (κ1) is 11.2. The molecule has 1 rings (SSSR count). The van der Waals surface area contributed by atoms with Gasteiger partial charge in [0.05, 0.1) is 7.11 Å². The Morgan fingerprint density at radius 1 is 1.60 bits per heavy atom. The number of alkyl halides is 2. The van der Waals surface area contributed by atoms with E-state index in [9.17, 15) is 23.3 Å². The summed E-state index contributed by atoms with van der Waals surface area (Å²) in [5, 5.41) is 10.3. The van der Waals surface area contributed by atoms with Gasteiger partial charge in [0.25, 0.3) is 6.43 Å². The van der Waals surface area contributed by atoms with Crippen LogP contribution < -0.4 is 4.74 Å². The van der Waals surface area contributed by atoms with Gasteiger partial charge < -0.3 is 14.9 Å². The second-order valence-electron chi connectivity index (χ2n) is 2.45. The van der Waals surface area contributed by atoms with Gasteiger partial charge in [0, 0.05) is 4.98 Å². The zero-order valence-corrected chi connectivity index (χ0v) is 7.41. The van der Waals surface area contributed by atoms with Gasteiger partial charge in [0.2, 0.25) is 5.82 Å². The van der Waals surface area contributed by atoms with Gasteiger partial charge >= 0.3 is 11.7 Å². The molecule has 0 N–H and O–H groups in total. The number of rotatable bonds is 3. The third-order valence-corrected chi connectivity index (χ3v) is 1.55. The number of hydrogen-bond donors (Lipinski definition) is 0. The average Bonchev–Trinajstić information content (AvgIpc) is 2.16. The molecule has 0 saturated carbocycles. The lowest BCUT2D eigenvalue weighted by Gasteiger charge is -2.02. The highest BCUT2D eigenvalue weighted by Crippen LogP contribution is 2.30. The van der Waals surface area contributed by atoms with Gasteiger partial charge in [0.15, 0.2) is 0 Å². The van der Waals surface area contributed by atoms with Gasteiger partial charge in [-0.3, -0.25) is 0 Å². The Labute approximate surface area is 81.6 Å². The maximum atomic E-state index is 12.9. The smallest absolute Gasteiger partial charge is 0.376 e. The second kappa shape index (κ2) is 4.11. The van der Waals surface area contributed by atoms with Crippen molar-refractivity contribution in [1.29, 1.82) is 0 Å². The van der Waals surface area contributed by atoms with Crippen LogP contribution in [0.3, 0.4) is 0 Å². The van der Waals surface area contributed by atoms with Crippen molar-refractivity contribution in [3.05, 3.63) is 27.6 Å². The number of hydrogen-bond acceptors (Lipinski definition) is 4. The van der Waals surface area contributed by atoms with E-state index in [1.807, 2.05) is 0 Å². The van der Waals surface area contributed by atoms with Crippen molar-refractivity contribution in [2.75, 3.05) is 7.11 Å². The minimum absolute atomic E-state index is 0.342. The van der Waals surface area contributed by atoms with Gasteiger partial charge in [-0.2, -0.15) is 4.39 Å². The molecule has 1 aromatic heterocycles. The van der Waals surface area contributed by atoms with Crippen LogP contribution >= 0.6 is 0 Å². The Morgan fingerprint density at radius 2 is 2.20 bits per heavy atom. The number of pyridine rings is 1. The van der Waals surface area contributed by atoms with Crippen molar-refractivity contribution in [2.45, 2.75) is 6.43 Å². The molecule has 0 spiro atoms. The highest BCUT2D eigenvalue weighted by Gasteiger charge is 2.28. The quantitative estimate of drug-likeness (QED) is 0.580. The van der Waals surface area contributed by atoms with E-state index in [-0.39, 0.29) is 0 Å². The molecule has 0 unspecified atom stereocenters. The summed E-state index contributed by atoms with van der Waals surface area (Å²) in [5.74, 6) is -2.97. The van der Waals surface area contributed by atoms with Crippen LogP contribution in [0.15, 0.2) is 6.07 Å². The fraction of sp³-hybridized carbons (Fsp3) is 0.286. The number of ether oxygens (including phenoxy) is 1. The SMILES string of the molecule is COc1nc([N+](=O)[O-])c(C(F)F)cc1F. The van der Waals surface area contributed by atoms with E-state index >= 15 is 0 Å². The van der Waals surface area contributed by atoms with E-state index < -0.39 is 34.4 Å². The lowest BCUT2D eigenvalue weighted by Crippen LogP contribution is -2.03. The molecule has 1 aromatic rings. The van der Waals surface area contributed by atoms with Crippen molar-refractivity contribution in [2.24, 2.45) is 0 Å². The lowest BCUT2D eigenvalue weighted by atomic mass is 10.2. The molecule has 0 saturated heterocycles. The van der Waals surface area contributed by atoms with Gasteiger partial charge in [0.1, 0.15) is 5.56 Å². The summed E-state index contributed by atoms with van der Waals surface area (Å²) in [6, 6.07) is 0.342. The lowest BCUT2D eigenvalue weighted by molar-refractivity contribution is -0.391. The van der Waals surface area contributed by atoms with Gasteiger partial charge in [-0.25, -0.2) is 8.78 Å². The molecule has 0 aromatic carbocycles. The van der Waals surface area contributed by atoms with Crippen molar-refractivity contribution < 1.29 is 22.8 Å². The first-order chi connectivity index (χ1) is 6.97. The van der Waals surface area contributed by atoms with Crippen LogP contribution in [0, 0.1) is 15.9 Å². The van der Waals surface area contributed by atoms with Crippen LogP contribution in [0.4, 0.5) is 19.0 Å². The molecule has 0 aliphatic carbocycles. The largest absolute Gasteiger partial charge is 0.461 e. The molecule has 1 heterocycles. The Hall–Kier alpha value is -1.86. The number of aromatic nitrogens is 1. The molecule has 15 heavy (non-hydrogen) atoms. The molecule has 0 amide bonds. The number of methoxy groups -OCH3 is 1. The van der Waals surface area contributed by atoms with E-state index in [0.717, 1.165) is 7.11 Å². The maximum Gasteiger partial charge on any atom is 0.376 e. The third-order valence-electron chi connectivity index (χ3n) is 1.55. The molecule has 5 nitrogen and oxygen atoms in total. The monoisotopic (exact) mass is 222 g/mol. The van der Waals surface area contributed by atoms with Crippen LogP contribution in [0.1, 0.15) is 12.0 Å². The Kier molecular flexibility index (Phi) is 3.08. The summed E-state index contributed by atoms with van der Waals surface area (Å²) >= 11 is 0. The first-order valence-corrected chi connectivity index (χ1v) is 3.64. The molecule has 0 radical (unpaired) electrons.